The molecule has 2 heterocycles. The molecule has 0 amide bonds. The minimum Gasteiger partial charge on any atom is -0.317 e. The molecule has 0 atom stereocenters. The lowest BCUT2D eigenvalue weighted by atomic mass is 10.6. The minimum atomic E-state index is -3.60. The SMILES string of the molecule is CCn1cnnc1CNS(=O)(=O)c1cnc(Cl)s1. The van der Waals surface area contributed by atoms with E-state index in [-0.39, 0.29) is 15.2 Å². The van der Waals surface area contributed by atoms with Gasteiger partial charge in [-0.15, -0.1) is 10.2 Å². The molecule has 0 radical (unpaired) electrons. The third kappa shape index (κ3) is 2.86. The van der Waals surface area contributed by atoms with Crippen molar-refractivity contribution in [2.24, 2.45) is 0 Å². The first kappa shape index (κ1) is 13.4. The highest BCUT2D eigenvalue weighted by atomic mass is 35.5. The molecular formula is C8H10ClN5O2S2. The molecule has 10 heteroatoms. The van der Waals surface area contributed by atoms with Crippen molar-refractivity contribution >= 4 is 33.0 Å². The van der Waals surface area contributed by atoms with Gasteiger partial charge >= 0.3 is 0 Å². The van der Waals surface area contributed by atoms with E-state index in [4.69, 9.17) is 11.6 Å². The van der Waals surface area contributed by atoms with Crippen LogP contribution in [0.25, 0.3) is 0 Å². The number of rotatable bonds is 5. The molecule has 0 saturated carbocycles. The van der Waals surface area contributed by atoms with E-state index in [0.717, 1.165) is 11.3 Å². The molecular weight excluding hydrogens is 298 g/mol. The van der Waals surface area contributed by atoms with Crippen LogP contribution in [0.5, 0.6) is 0 Å². The lowest BCUT2D eigenvalue weighted by molar-refractivity contribution is 0.577. The van der Waals surface area contributed by atoms with E-state index in [1.165, 1.54) is 6.20 Å². The normalized spacial score (nSPS) is 11.9. The fraction of sp³-hybridized carbons (Fsp3) is 0.375. The Morgan fingerprint density at radius 3 is 2.94 bits per heavy atom. The lowest BCUT2D eigenvalue weighted by Gasteiger charge is -2.04. The predicted octanol–water partition coefficient (Wildman–Crippen LogP) is 0.886. The fourth-order valence-corrected chi connectivity index (χ4v) is 3.59. The Bertz CT molecular complexity index is 635. The van der Waals surface area contributed by atoms with Gasteiger partial charge in [-0.3, -0.25) is 0 Å². The number of hydrogen-bond acceptors (Lipinski definition) is 6. The summed E-state index contributed by atoms with van der Waals surface area (Å²) in [5.74, 6) is 0.552. The summed E-state index contributed by atoms with van der Waals surface area (Å²) in [6, 6.07) is 0. The van der Waals surface area contributed by atoms with E-state index < -0.39 is 10.0 Å². The zero-order valence-corrected chi connectivity index (χ0v) is 11.8. The van der Waals surface area contributed by atoms with Gasteiger partial charge in [0.25, 0.3) is 10.0 Å². The van der Waals surface area contributed by atoms with Crippen LogP contribution in [-0.4, -0.2) is 28.2 Å². The maximum atomic E-state index is 11.9. The van der Waals surface area contributed by atoms with Gasteiger partial charge in [0.2, 0.25) is 0 Å². The van der Waals surface area contributed by atoms with Crippen LogP contribution in [0.15, 0.2) is 16.7 Å². The van der Waals surface area contributed by atoms with Crippen molar-refractivity contribution in [3.8, 4) is 0 Å². The predicted molar refractivity (Wildman–Crippen MR) is 66.8 cm³/mol. The standard InChI is InChI=1S/C8H10ClN5O2S2/c1-2-14-5-11-13-6(14)3-12-18(15,16)7-4-10-8(9)17-7/h4-5,12H,2-3H2,1H3. The summed E-state index contributed by atoms with van der Waals surface area (Å²) >= 11 is 6.51. The second-order valence-corrected chi connectivity index (χ2v) is 6.90. The molecule has 0 spiro atoms. The van der Waals surface area contributed by atoms with E-state index >= 15 is 0 Å². The third-order valence-electron chi connectivity index (χ3n) is 2.18. The molecule has 0 fully saturated rings. The maximum absolute atomic E-state index is 11.9. The summed E-state index contributed by atoms with van der Waals surface area (Å²) in [6.07, 6.45) is 2.77. The smallest absolute Gasteiger partial charge is 0.252 e. The van der Waals surface area contributed by atoms with Crippen molar-refractivity contribution in [2.75, 3.05) is 0 Å². The van der Waals surface area contributed by atoms with Crippen LogP contribution in [0.2, 0.25) is 4.47 Å². The molecule has 0 saturated heterocycles. The largest absolute Gasteiger partial charge is 0.317 e. The number of nitrogens with one attached hydrogen (secondary N) is 1. The van der Waals surface area contributed by atoms with E-state index in [1.54, 1.807) is 10.9 Å². The number of nitrogens with zero attached hydrogens (tertiary/aromatic N) is 4. The highest BCUT2D eigenvalue weighted by Gasteiger charge is 2.18. The van der Waals surface area contributed by atoms with Crippen LogP contribution in [0, 0.1) is 0 Å². The first-order chi connectivity index (χ1) is 8.53. The number of thiazole rings is 1. The van der Waals surface area contributed by atoms with E-state index in [0.29, 0.717) is 12.4 Å². The molecule has 2 aromatic heterocycles. The summed E-state index contributed by atoms with van der Waals surface area (Å²) in [4.78, 5) is 3.69. The molecule has 18 heavy (non-hydrogen) atoms. The molecule has 0 aliphatic heterocycles. The van der Waals surface area contributed by atoms with Gasteiger partial charge in [0, 0.05) is 6.54 Å². The molecule has 98 valence electrons. The number of halogens is 1. The fourth-order valence-electron chi connectivity index (χ4n) is 1.27. The van der Waals surface area contributed by atoms with Crippen LogP contribution in [-0.2, 0) is 23.1 Å². The van der Waals surface area contributed by atoms with E-state index in [9.17, 15) is 8.42 Å². The van der Waals surface area contributed by atoms with Crippen molar-refractivity contribution in [3.63, 3.8) is 0 Å². The van der Waals surface area contributed by atoms with Crippen LogP contribution in [0.3, 0.4) is 0 Å². The molecule has 0 aliphatic rings. The van der Waals surface area contributed by atoms with Crippen molar-refractivity contribution in [1.29, 1.82) is 0 Å². The zero-order chi connectivity index (χ0) is 13.2. The van der Waals surface area contributed by atoms with Crippen LogP contribution in [0.1, 0.15) is 12.7 Å². The molecule has 7 nitrogen and oxygen atoms in total. The van der Waals surface area contributed by atoms with Crippen LogP contribution >= 0.6 is 22.9 Å². The summed E-state index contributed by atoms with van der Waals surface area (Å²) in [5.41, 5.74) is 0. The van der Waals surface area contributed by atoms with Gasteiger partial charge in [0.1, 0.15) is 12.2 Å². The molecule has 2 rings (SSSR count). The van der Waals surface area contributed by atoms with Gasteiger partial charge in [0.05, 0.1) is 12.7 Å². The Hall–Kier alpha value is -1.03. The summed E-state index contributed by atoms with van der Waals surface area (Å²) in [6.45, 7) is 2.67. The zero-order valence-electron chi connectivity index (χ0n) is 9.37. The van der Waals surface area contributed by atoms with Gasteiger partial charge in [-0.05, 0) is 6.92 Å². The van der Waals surface area contributed by atoms with Crippen molar-refractivity contribution in [1.82, 2.24) is 24.5 Å². The monoisotopic (exact) mass is 307 g/mol. The summed E-state index contributed by atoms with van der Waals surface area (Å²) in [7, 11) is -3.60. The van der Waals surface area contributed by atoms with E-state index in [2.05, 4.69) is 19.9 Å². The number of aromatic nitrogens is 4. The third-order valence-corrected chi connectivity index (χ3v) is 5.16. The number of aryl methyl sites for hydroxylation is 1. The summed E-state index contributed by atoms with van der Waals surface area (Å²) in [5, 5.41) is 7.55. The average molecular weight is 308 g/mol. The number of sulfonamides is 1. The average Bonchev–Trinajstić information content (AvgIpc) is 2.94. The topological polar surface area (TPSA) is 89.8 Å². The number of hydrogen-bond donors (Lipinski definition) is 1. The van der Waals surface area contributed by atoms with E-state index in [1.807, 2.05) is 6.92 Å². The van der Waals surface area contributed by atoms with Gasteiger partial charge in [-0.1, -0.05) is 22.9 Å². The molecule has 0 aromatic carbocycles. The van der Waals surface area contributed by atoms with Gasteiger partial charge < -0.3 is 4.57 Å². The molecule has 0 unspecified atom stereocenters. The van der Waals surface area contributed by atoms with Crippen molar-refractivity contribution in [2.45, 2.75) is 24.2 Å². The van der Waals surface area contributed by atoms with Crippen molar-refractivity contribution < 1.29 is 8.42 Å². The molecule has 1 N–H and O–H groups in total. The Labute approximate surface area is 113 Å². The first-order valence-electron chi connectivity index (χ1n) is 5.00. The quantitative estimate of drug-likeness (QED) is 0.886. The van der Waals surface area contributed by atoms with Gasteiger partial charge in [0.15, 0.2) is 8.68 Å². The van der Waals surface area contributed by atoms with Crippen LogP contribution < -0.4 is 4.72 Å². The Kier molecular flexibility index (Phi) is 3.95. The molecule has 0 aliphatic carbocycles. The van der Waals surface area contributed by atoms with Crippen molar-refractivity contribution in [3.05, 3.63) is 22.8 Å². The first-order valence-corrected chi connectivity index (χ1v) is 7.68. The highest BCUT2D eigenvalue weighted by molar-refractivity contribution is 7.91. The minimum absolute atomic E-state index is 0.0751. The van der Waals surface area contributed by atoms with Gasteiger partial charge in [-0.2, -0.15) is 0 Å². The van der Waals surface area contributed by atoms with Crippen LogP contribution in [0.4, 0.5) is 0 Å². The second-order valence-electron chi connectivity index (χ2n) is 3.29. The second kappa shape index (κ2) is 5.31. The molecule has 2 aromatic rings. The Balaban J connectivity index is 2.10. The molecule has 0 bridgehead atoms. The van der Waals surface area contributed by atoms with Gasteiger partial charge in [-0.25, -0.2) is 18.1 Å². The summed E-state index contributed by atoms with van der Waals surface area (Å²) < 4.78 is 28.2. The highest BCUT2D eigenvalue weighted by Crippen LogP contribution is 2.22. The Morgan fingerprint density at radius 1 is 1.56 bits per heavy atom. The lowest BCUT2D eigenvalue weighted by Crippen LogP contribution is -2.24. The maximum Gasteiger partial charge on any atom is 0.252 e. The Morgan fingerprint density at radius 2 is 2.33 bits per heavy atom.